The highest BCUT2D eigenvalue weighted by Gasteiger charge is 2.22. The molecule has 1 amide bonds. The molecule has 3 aromatic heterocycles. The first-order chi connectivity index (χ1) is 19.6. The molecule has 5 heterocycles. The summed E-state index contributed by atoms with van der Waals surface area (Å²) >= 11 is 0. The lowest BCUT2D eigenvalue weighted by Crippen LogP contribution is -2.47. The van der Waals surface area contributed by atoms with Crippen LogP contribution in [-0.2, 0) is 4.74 Å². The van der Waals surface area contributed by atoms with Gasteiger partial charge in [-0.2, -0.15) is 0 Å². The number of carbonyl (C=O) groups is 1. The minimum Gasteiger partial charge on any atom is -0.488 e. The van der Waals surface area contributed by atoms with E-state index < -0.39 is 0 Å². The molecule has 2 atom stereocenters. The average Bonchev–Trinajstić information content (AvgIpc) is 3.66. The van der Waals surface area contributed by atoms with Gasteiger partial charge in [-0.1, -0.05) is 6.92 Å². The zero-order chi connectivity index (χ0) is 27.5. The molecule has 2 unspecified atom stereocenters. The lowest BCUT2D eigenvalue weighted by Gasteiger charge is -2.32. The second-order valence-corrected chi connectivity index (χ2v) is 10.5. The Hall–Kier alpha value is -4.02. The number of anilines is 1. The Bertz CT molecular complexity index is 1480. The van der Waals surface area contributed by atoms with Gasteiger partial charge in [0, 0.05) is 67.7 Å². The summed E-state index contributed by atoms with van der Waals surface area (Å²) in [7, 11) is 2.08. The predicted molar refractivity (Wildman–Crippen MR) is 153 cm³/mol. The van der Waals surface area contributed by atoms with Crippen molar-refractivity contribution in [2.24, 2.45) is 0 Å². The Morgan fingerprint density at radius 3 is 2.75 bits per heavy atom. The van der Waals surface area contributed by atoms with Gasteiger partial charge in [-0.25, -0.2) is 9.97 Å². The van der Waals surface area contributed by atoms with Crippen molar-refractivity contribution in [3.05, 3.63) is 66.4 Å². The Kier molecular flexibility index (Phi) is 7.61. The number of aromatic nitrogens is 4. The Morgan fingerprint density at radius 2 is 1.95 bits per heavy atom. The predicted octanol–water partition coefficient (Wildman–Crippen LogP) is 4.14. The van der Waals surface area contributed by atoms with Crippen molar-refractivity contribution in [2.45, 2.75) is 31.9 Å². The van der Waals surface area contributed by atoms with Crippen molar-refractivity contribution in [2.75, 3.05) is 51.8 Å². The third-order valence-electron chi connectivity index (χ3n) is 7.56. The van der Waals surface area contributed by atoms with Gasteiger partial charge in [-0.15, -0.1) is 0 Å². The second kappa shape index (κ2) is 11.6. The van der Waals surface area contributed by atoms with Crippen LogP contribution in [0.1, 0.15) is 42.1 Å². The molecule has 2 aliphatic rings. The lowest BCUT2D eigenvalue weighted by molar-refractivity contribution is 0.0659. The van der Waals surface area contributed by atoms with E-state index in [-0.39, 0.29) is 18.1 Å². The summed E-state index contributed by atoms with van der Waals surface area (Å²) in [5.74, 6) is 1.50. The largest absolute Gasteiger partial charge is 0.488 e. The fourth-order valence-electron chi connectivity index (χ4n) is 5.18. The minimum atomic E-state index is -0.0992. The van der Waals surface area contributed by atoms with E-state index in [1.54, 1.807) is 12.4 Å². The SMILES string of the molecule is CCC(Nc1ccc2[nH]c(C(=O)N3CCN(C)CC3)cc2c1)c1nccc(-c2cc(OC3CCOC3)ccn2)n1. The smallest absolute Gasteiger partial charge is 0.270 e. The number of nitrogens with one attached hydrogen (secondary N) is 2. The Morgan fingerprint density at radius 1 is 1.10 bits per heavy atom. The van der Waals surface area contributed by atoms with Crippen LogP contribution < -0.4 is 10.1 Å². The number of hydrogen-bond donors (Lipinski definition) is 2. The van der Waals surface area contributed by atoms with E-state index in [4.69, 9.17) is 14.5 Å². The standard InChI is InChI=1S/C30H35N7O3/c1-3-24(29-32-10-7-26(35-29)27-18-22(6-9-31-27)40-23-8-15-39-19-23)33-21-4-5-25-20(16-21)17-28(34-25)30(38)37-13-11-36(2)12-14-37/h4-7,9-10,16-18,23-24,33-34H,3,8,11-15,19H2,1-2H3. The Labute approximate surface area is 233 Å². The highest BCUT2D eigenvalue weighted by atomic mass is 16.5. The molecule has 1 aromatic carbocycles. The van der Waals surface area contributed by atoms with E-state index in [0.29, 0.717) is 18.1 Å². The van der Waals surface area contributed by atoms with Gasteiger partial charge >= 0.3 is 0 Å². The van der Waals surface area contributed by atoms with E-state index >= 15 is 0 Å². The van der Waals surface area contributed by atoms with Gasteiger partial charge in [0.25, 0.3) is 5.91 Å². The molecule has 0 spiro atoms. The number of fused-ring (bicyclic) bond motifs is 1. The highest BCUT2D eigenvalue weighted by Crippen LogP contribution is 2.27. The number of ether oxygens (including phenoxy) is 2. The third kappa shape index (κ3) is 5.78. The summed E-state index contributed by atoms with van der Waals surface area (Å²) < 4.78 is 11.5. The normalized spacial score (nSPS) is 18.6. The number of piperazine rings is 1. The van der Waals surface area contributed by atoms with E-state index in [0.717, 1.165) is 79.4 Å². The van der Waals surface area contributed by atoms with Crippen molar-refractivity contribution in [3.8, 4) is 17.1 Å². The van der Waals surface area contributed by atoms with Crippen LogP contribution in [0.5, 0.6) is 5.75 Å². The zero-order valence-electron chi connectivity index (χ0n) is 23.0. The average molecular weight is 542 g/mol. The number of carbonyl (C=O) groups excluding carboxylic acids is 1. The third-order valence-corrected chi connectivity index (χ3v) is 7.56. The number of amides is 1. The first-order valence-electron chi connectivity index (χ1n) is 14.0. The van der Waals surface area contributed by atoms with Crippen molar-refractivity contribution in [1.82, 2.24) is 29.7 Å². The number of benzene rings is 1. The number of rotatable bonds is 8. The molecule has 0 radical (unpaired) electrons. The van der Waals surface area contributed by atoms with E-state index in [9.17, 15) is 4.79 Å². The van der Waals surface area contributed by atoms with Gasteiger partial charge in [0.15, 0.2) is 5.82 Å². The van der Waals surface area contributed by atoms with Gasteiger partial charge in [-0.05, 0) is 49.9 Å². The van der Waals surface area contributed by atoms with E-state index in [1.807, 2.05) is 41.3 Å². The van der Waals surface area contributed by atoms with Crippen molar-refractivity contribution >= 4 is 22.5 Å². The summed E-state index contributed by atoms with van der Waals surface area (Å²) in [6, 6.07) is 13.6. The quantitative estimate of drug-likeness (QED) is 0.343. The van der Waals surface area contributed by atoms with Crippen molar-refractivity contribution in [3.63, 3.8) is 0 Å². The maximum Gasteiger partial charge on any atom is 0.270 e. The summed E-state index contributed by atoms with van der Waals surface area (Å²) in [6.07, 6.45) is 5.27. The van der Waals surface area contributed by atoms with Crippen molar-refractivity contribution in [1.29, 1.82) is 0 Å². The molecule has 10 nitrogen and oxygen atoms in total. The molecule has 2 fully saturated rings. The molecular weight excluding hydrogens is 506 g/mol. The van der Waals surface area contributed by atoms with Crippen LogP contribution in [0.2, 0.25) is 0 Å². The van der Waals surface area contributed by atoms with Gasteiger partial charge in [0.2, 0.25) is 0 Å². The molecule has 0 bridgehead atoms. The van der Waals surface area contributed by atoms with E-state index in [2.05, 4.69) is 45.2 Å². The number of likely N-dealkylation sites (N-methyl/N-ethyl adjacent to an activating group) is 1. The van der Waals surface area contributed by atoms with Crippen LogP contribution in [0.3, 0.4) is 0 Å². The molecule has 40 heavy (non-hydrogen) atoms. The molecule has 2 aliphatic heterocycles. The van der Waals surface area contributed by atoms with Gasteiger partial charge in [-0.3, -0.25) is 9.78 Å². The first kappa shape index (κ1) is 26.2. The first-order valence-corrected chi connectivity index (χ1v) is 14.0. The molecule has 208 valence electrons. The number of hydrogen-bond acceptors (Lipinski definition) is 8. The molecule has 2 saturated heterocycles. The zero-order valence-corrected chi connectivity index (χ0v) is 23.0. The van der Waals surface area contributed by atoms with Crippen LogP contribution in [0.4, 0.5) is 5.69 Å². The maximum absolute atomic E-state index is 13.1. The number of nitrogens with zero attached hydrogens (tertiary/aromatic N) is 5. The van der Waals surface area contributed by atoms with Crippen LogP contribution in [-0.4, -0.2) is 88.2 Å². The number of pyridine rings is 1. The fraction of sp³-hybridized carbons (Fsp3) is 0.400. The lowest BCUT2D eigenvalue weighted by atomic mass is 10.1. The van der Waals surface area contributed by atoms with Crippen LogP contribution in [0.25, 0.3) is 22.3 Å². The Balaban J connectivity index is 1.17. The summed E-state index contributed by atoms with van der Waals surface area (Å²) in [4.78, 5) is 34.5. The van der Waals surface area contributed by atoms with Gasteiger partial charge in [0.1, 0.15) is 17.5 Å². The second-order valence-electron chi connectivity index (χ2n) is 10.5. The highest BCUT2D eigenvalue weighted by molar-refractivity contribution is 5.98. The maximum atomic E-state index is 13.1. The van der Waals surface area contributed by atoms with Gasteiger partial charge < -0.3 is 29.6 Å². The molecule has 6 rings (SSSR count). The molecule has 0 aliphatic carbocycles. The number of aromatic amines is 1. The van der Waals surface area contributed by atoms with E-state index in [1.165, 1.54) is 0 Å². The molecular formula is C30H35N7O3. The monoisotopic (exact) mass is 541 g/mol. The molecule has 4 aromatic rings. The minimum absolute atomic E-state index is 0.0510. The topological polar surface area (TPSA) is 109 Å². The van der Waals surface area contributed by atoms with Crippen LogP contribution in [0.15, 0.2) is 54.9 Å². The molecule has 0 saturated carbocycles. The number of H-pyrrole nitrogens is 1. The van der Waals surface area contributed by atoms with Crippen molar-refractivity contribution < 1.29 is 14.3 Å². The molecule has 10 heteroatoms. The van der Waals surface area contributed by atoms with Crippen LogP contribution in [0, 0.1) is 0 Å². The summed E-state index contributed by atoms with van der Waals surface area (Å²) in [6.45, 7) is 6.73. The van der Waals surface area contributed by atoms with Crippen LogP contribution >= 0.6 is 0 Å². The van der Waals surface area contributed by atoms with Gasteiger partial charge in [0.05, 0.1) is 30.6 Å². The fourth-order valence-corrected chi connectivity index (χ4v) is 5.18. The summed E-state index contributed by atoms with van der Waals surface area (Å²) in [5.41, 5.74) is 3.98. The summed E-state index contributed by atoms with van der Waals surface area (Å²) in [5, 5.41) is 4.57. The molecule has 2 N–H and O–H groups in total.